The molecular weight excluding hydrogens is 300 g/mol. The Bertz CT molecular complexity index is 759. The van der Waals surface area contributed by atoms with Gasteiger partial charge in [0, 0.05) is 17.8 Å². The number of aromatic nitrogens is 2. The monoisotopic (exact) mass is 318 g/mol. The molecule has 0 radical (unpaired) electrons. The second-order valence-electron chi connectivity index (χ2n) is 6.16. The van der Waals surface area contributed by atoms with Gasteiger partial charge < -0.3 is 15.7 Å². The number of nitrogens with two attached hydrogens (primary N) is 1. The standard InChI is InChI=1S/C15H18N4O2S/c16-14(20)15(21)5-6-19(7-15)12-11-9-3-1-2-4-10(9)22-13(11)18-8-17-12/h8,21H,1-7H2,(H2,16,20)/t15-/m0/s1. The molecule has 0 unspecified atom stereocenters. The Morgan fingerprint density at radius 3 is 2.95 bits per heavy atom. The molecule has 1 amide bonds. The number of hydrogen-bond acceptors (Lipinski definition) is 6. The molecule has 2 aliphatic rings. The van der Waals surface area contributed by atoms with Crippen molar-refractivity contribution in [2.45, 2.75) is 37.7 Å². The van der Waals surface area contributed by atoms with Gasteiger partial charge in [0.2, 0.25) is 0 Å². The van der Waals surface area contributed by atoms with Crippen LogP contribution in [0.3, 0.4) is 0 Å². The quantitative estimate of drug-likeness (QED) is 0.861. The number of fused-ring (bicyclic) bond motifs is 3. The number of amides is 1. The molecule has 22 heavy (non-hydrogen) atoms. The molecule has 3 heterocycles. The van der Waals surface area contributed by atoms with Gasteiger partial charge in [-0.2, -0.15) is 0 Å². The van der Waals surface area contributed by atoms with E-state index >= 15 is 0 Å². The number of aryl methyl sites for hydroxylation is 2. The number of carbonyl (C=O) groups is 1. The van der Waals surface area contributed by atoms with Gasteiger partial charge in [0.25, 0.3) is 5.91 Å². The largest absolute Gasteiger partial charge is 0.378 e. The molecule has 0 saturated carbocycles. The molecule has 116 valence electrons. The smallest absolute Gasteiger partial charge is 0.251 e. The number of nitrogens with zero attached hydrogens (tertiary/aromatic N) is 3. The van der Waals surface area contributed by atoms with Crippen LogP contribution in [0.4, 0.5) is 5.82 Å². The predicted octanol–water partition coefficient (Wildman–Crippen LogP) is 0.997. The lowest BCUT2D eigenvalue weighted by Crippen LogP contribution is -2.46. The minimum atomic E-state index is -1.45. The zero-order chi connectivity index (χ0) is 15.3. The van der Waals surface area contributed by atoms with Crippen LogP contribution in [-0.2, 0) is 17.6 Å². The lowest BCUT2D eigenvalue weighted by Gasteiger charge is -2.22. The number of aliphatic hydroxyl groups is 1. The number of rotatable bonds is 2. The van der Waals surface area contributed by atoms with Gasteiger partial charge in [-0.15, -0.1) is 11.3 Å². The van der Waals surface area contributed by atoms with Gasteiger partial charge in [0.15, 0.2) is 5.60 Å². The maximum atomic E-state index is 11.5. The summed E-state index contributed by atoms with van der Waals surface area (Å²) in [5.74, 6) is 0.175. The van der Waals surface area contributed by atoms with Crippen molar-refractivity contribution < 1.29 is 9.90 Å². The second kappa shape index (κ2) is 4.89. The van der Waals surface area contributed by atoms with Gasteiger partial charge in [0.05, 0.1) is 11.9 Å². The molecular formula is C15H18N4O2S. The summed E-state index contributed by atoms with van der Waals surface area (Å²) in [6.45, 7) is 0.787. The number of thiophene rings is 1. The predicted molar refractivity (Wildman–Crippen MR) is 85.0 cm³/mol. The maximum absolute atomic E-state index is 11.5. The first-order valence-electron chi connectivity index (χ1n) is 7.61. The van der Waals surface area contributed by atoms with Crippen LogP contribution in [0.2, 0.25) is 0 Å². The Labute approximate surface area is 132 Å². The van der Waals surface area contributed by atoms with Gasteiger partial charge in [0.1, 0.15) is 17.0 Å². The zero-order valence-corrected chi connectivity index (χ0v) is 13.0. The molecule has 1 atom stereocenters. The van der Waals surface area contributed by atoms with E-state index in [-0.39, 0.29) is 6.54 Å². The van der Waals surface area contributed by atoms with Gasteiger partial charge in [-0.1, -0.05) is 0 Å². The molecule has 1 fully saturated rings. The summed E-state index contributed by atoms with van der Waals surface area (Å²) >= 11 is 1.75. The fraction of sp³-hybridized carbons (Fsp3) is 0.533. The van der Waals surface area contributed by atoms with E-state index in [2.05, 4.69) is 9.97 Å². The molecule has 1 aliphatic carbocycles. The van der Waals surface area contributed by atoms with Crippen LogP contribution < -0.4 is 10.6 Å². The van der Waals surface area contributed by atoms with E-state index in [1.54, 1.807) is 17.7 Å². The van der Waals surface area contributed by atoms with Crippen molar-refractivity contribution >= 4 is 33.3 Å². The van der Waals surface area contributed by atoms with Crippen LogP contribution in [-0.4, -0.2) is 39.7 Å². The van der Waals surface area contributed by atoms with E-state index in [0.717, 1.165) is 28.9 Å². The Hall–Kier alpha value is -1.73. The van der Waals surface area contributed by atoms with Crippen molar-refractivity contribution in [3.05, 3.63) is 16.8 Å². The molecule has 2 aromatic heterocycles. The molecule has 3 N–H and O–H groups in total. The SMILES string of the molecule is NC(=O)[C@]1(O)CCN(c2ncnc3sc4c(c23)CCCC4)C1. The summed E-state index contributed by atoms with van der Waals surface area (Å²) in [7, 11) is 0. The lowest BCUT2D eigenvalue weighted by molar-refractivity contribution is -0.134. The number of primary amides is 1. The summed E-state index contributed by atoms with van der Waals surface area (Å²) in [4.78, 5) is 24.7. The fourth-order valence-electron chi connectivity index (χ4n) is 3.49. The summed E-state index contributed by atoms with van der Waals surface area (Å²) in [6, 6.07) is 0. The van der Waals surface area contributed by atoms with Crippen molar-refractivity contribution in [2.24, 2.45) is 5.73 Å². The van der Waals surface area contributed by atoms with E-state index < -0.39 is 11.5 Å². The van der Waals surface area contributed by atoms with E-state index in [0.29, 0.717) is 13.0 Å². The summed E-state index contributed by atoms with van der Waals surface area (Å²) < 4.78 is 0. The van der Waals surface area contributed by atoms with Crippen molar-refractivity contribution in [3.63, 3.8) is 0 Å². The molecule has 0 bridgehead atoms. The Kier molecular flexibility index (Phi) is 3.09. The lowest BCUT2D eigenvalue weighted by atomic mass is 9.97. The minimum absolute atomic E-state index is 0.207. The van der Waals surface area contributed by atoms with Crippen molar-refractivity contribution in [2.75, 3.05) is 18.0 Å². The van der Waals surface area contributed by atoms with Gasteiger partial charge in [-0.05, 0) is 31.2 Å². The van der Waals surface area contributed by atoms with E-state index in [1.807, 2.05) is 4.90 Å². The highest BCUT2D eigenvalue weighted by molar-refractivity contribution is 7.19. The first-order chi connectivity index (χ1) is 10.6. The number of carbonyl (C=O) groups excluding carboxylic acids is 1. The summed E-state index contributed by atoms with van der Waals surface area (Å²) in [5, 5.41) is 11.4. The third-order valence-electron chi connectivity index (χ3n) is 4.74. The third kappa shape index (κ3) is 1.99. The molecule has 6 nitrogen and oxygen atoms in total. The topological polar surface area (TPSA) is 92.3 Å². The number of anilines is 1. The summed E-state index contributed by atoms with van der Waals surface area (Å²) in [6.07, 6.45) is 6.51. The second-order valence-corrected chi connectivity index (χ2v) is 7.24. The van der Waals surface area contributed by atoms with Crippen LogP contribution in [0.15, 0.2) is 6.33 Å². The number of hydrogen-bond donors (Lipinski definition) is 2. The fourth-order valence-corrected chi connectivity index (χ4v) is 4.71. The van der Waals surface area contributed by atoms with Crippen molar-refractivity contribution in [1.82, 2.24) is 9.97 Å². The molecule has 7 heteroatoms. The Balaban J connectivity index is 1.80. The van der Waals surface area contributed by atoms with Crippen molar-refractivity contribution in [1.29, 1.82) is 0 Å². The summed E-state index contributed by atoms with van der Waals surface area (Å²) in [5.41, 5.74) is 5.24. The highest BCUT2D eigenvalue weighted by Gasteiger charge is 2.42. The zero-order valence-electron chi connectivity index (χ0n) is 12.2. The highest BCUT2D eigenvalue weighted by Crippen LogP contribution is 2.40. The number of β-amino-alcohol motifs (C(OH)–C–C–N with tert-alkyl or cyclic N) is 1. The van der Waals surface area contributed by atoms with E-state index in [1.165, 1.54) is 23.3 Å². The van der Waals surface area contributed by atoms with Crippen LogP contribution >= 0.6 is 11.3 Å². The molecule has 2 aromatic rings. The average molecular weight is 318 g/mol. The first kappa shape index (κ1) is 13.9. The Morgan fingerprint density at radius 2 is 2.18 bits per heavy atom. The minimum Gasteiger partial charge on any atom is -0.378 e. The van der Waals surface area contributed by atoms with Gasteiger partial charge >= 0.3 is 0 Å². The van der Waals surface area contributed by atoms with Crippen LogP contribution in [0.25, 0.3) is 10.2 Å². The van der Waals surface area contributed by atoms with E-state index in [9.17, 15) is 9.90 Å². The van der Waals surface area contributed by atoms with Crippen LogP contribution in [0.1, 0.15) is 29.7 Å². The molecule has 0 spiro atoms. The molecule has 4 rings (SSSR count). The van der Waals surface area contributed by atoms with Crippen LogP contribution in [0, 0.1) is 0 Å². The normalized spacial score (nSPS) is 24.7. The van der Waals surface area contributed by atoms with Crippen LogP contribution in [0.5, 0.6) is 0 Å². The first-order valence-corrected chi connectivity index (χ1v) is 8.43. The molecule has 0 aromatic carbocycles. The Morgan fingerprint density at radius 1 is 1.36 bits per heavy atom. The van der Waals surface area contributed by atoms with Gasteiger partial charge in [-0.3, -0.25) is 4.79 Å². The van der Waals surface area contributed by atoms with E-state index in [4.69, 9.17) is 5.73 Å². The molecule has 1 aliphatic heterocycles. The molecule has 1 saturated heterocycles. The maximum Gasteiger partial charge on any atom is 0.251 e. The van der Waals surface area contributed by atoms with Gasteiger partial charge in [-0.25, -0.2) is 9.97 Å². The highest BCUT2D eigenvalue weighted by atomic mass is 32.1. The third-order valence-corrected chi connectivity index (χ3v) is 5.94. The van der Waals surface area contributed by atoms with Crippen molar-refractivity contribution in [3.8, 4) is 0 Å². The average Bonchev–Trinajstić information content (AvgIpc) is 3.08.